The lowest BCUT2D eigenvalue weighted by Crippen LogP contribution is -1.99. The van der Waals surface area contributed by atoms with Crippen LogP contribution in [0.4, 0.5) is 4.39 Å². The zero-order valence-corrected chi connectivity index (χ0v) is 12.3. The summed E-state index contributed by atoms with van der Waals surface area (Å²) in [5.74, 6) is 1.16. The van der Waals surface area contributed by atoms with Crippen LogP contribution in [0.2, 0.25) is 0 Å². The van der Waals surface area contributed by atoms with Gasteiger partial charge in [-0.2, -0.15) is 0 Å². The molecular formula is C18H21FO. The van der Waals surface area contributed by atoms with Crippen LogP contribution in [0.1, 0.15) is 42.9 Å². The molecule has 20 heavy (non-hydrogen) atoms. The topological polar surface area (TPSA) is 9.23 Å². The van der Waals surface area contributed by atoms with Crippen LogP contribution < -0.4 is 4.74 Å². The first-order valence-electron chi connectivity index (χ1n) is 7.08. The van der Waals surface area contributed by atoms with E-state index in [9.17, 15) is 4.39 Å². The molecule has 2 heteroatoms. The van der Waals surface area contributed by atoms with E-state index in [0.717, 1.165) is 23.3 Å². The molecule has 0 radical (unpaired) electrons. The van der Waals surface area contributed by atoms with Gasteiger partial charge in [0.05, 0.1) is 0 Å². The van der Waals surface area contributed by atoms with E-state index in [1.165, 1.54) is 17.7 Å². The van der Waals surface area contributed by atoms with Gasteiger partial charge in [-0.1, -0.05) is 32.0 Å². The van der Waals surface area contributed by atoms with E-state index in [1.807, 2.05) is 19.1 Å². The van der Waals surface area contributed by atoms with Crippen LogP contribution >= 0.6 is 0 Å². The summed E-state index contributed by atoms with van der Waals surface area (Å²) in [5, 5.41) is 0. The van der Waals surface area contributed by atoms with Crippen LogP contribution in [0.5, 0.6) is 5.75 Å². The molecule has 0 spiro atoms. The lowest BCUT2D eigenvalue weighted by Gasteiger charge is -2.12. The average Bonchev–Trinajstić information content (AvgIpc) is 2.48. The summed E-state index contributed by atoms with van der Waals surface area (Å²) < 4.78 is 18.9. The smallest absolute Gasteiger partial charge is 0.123 e. The molecule has 0 amide bonds. The van der Waals surface area contributed by atoms with Crippen LogP contribution in [0.15, 0.2) is 42.5 Å². The fourth-order valence-corrected chi connectivity index (χ4v) is 2.08. The third kappa shape index (κ3) is 3.60. The average molecular weight is 272 g/mol. The fraction of sp³-hybridized carbons (Fsp3) is 0.333. The minimum atomic E-state index is -0.221. The fourth-order valence-electron chi connectivity index (χ4n) is 2.08. The van der Waals surface area contributed by atoms with Gasteiger partial charge in [-0.15, -0.1) is 0 Å². The molecule has 1 unspecified atom stereocenters. The highest BCUT2D eigenvalue weighted by Crippen LogP contribution is 2.22. The molecule has 2 aromatic carbocycles. The number of halogens is 1. The summed E-state index contributed by atoms with van der Waals surface area (Å²) >= 11 is 0. The molecule has 0 aliphatic rings. The summed E-state index contributed by atoms with van der Waals surface area (Å²) in [6.45, 7) is 6.75. The molecule has 0 N–H and O–H groups in total. The Hall–Kier alpha value is -1.83. The number of rotatable bonds is 5. The SMILES string of the molecule is CCC(C)c1ccc(OCc2cc(F)ccc2C)cc1. The van der Waals surface area contributed by atoms with Gasteiger partial charge in [-0.3, -0.25) is 0 Å². The molecule has 1 atom stereocenters. The summed E-state index contributed by atoms with van der Waals surface area (Å²) in [6.07, 6.45) is 1.13. The van der Waals surface area contributed by atoms with Crippen molar-refractivity contribution in [2.45, 2.75) is 39.7 Å². The van der Waals surface area contributed by atoms with E-state index < -0.39 is 0 Å². The summed E-state index contributed by atoms with van der Waals surface area (Å²) in [7, 11) is 0. The Kier molecular flexibility index (Phi) is 4.78. The van der Waals surface area contributed by atoms with Crippen LogP contribution in [0, 0.1) is 12.7 Å². The predicted octanol–water partition coefficient (Wildman–Crippen LogP) is 5.23. The van der Waals surface area contributed by atoms with Crippen molar-refractivity contribution in [3.05, 3.63) is 65.0 Å². The zero-order valence-electron chi connectivity index (χ0n) is 12.3. The van der Waals surface area contributed by atoms with Crippen molar-refractivity contribution in [2.75, 3.05) is 0 Å². The van der Waals surface area contributed by atoms with Gasteiger partial charge in [0.25, 0.3) is 0 Å². The molecule has 0 aliphatic carbocycles. The van der Waals surface area contributed by atoms with Gasteiger partial charge >= 0.3 is 0 Å². The molecule has 0 aliphatic heterocycles. The van der Waals surface area contributed by atoms with Gasteiger partial charge in [0.2, 0.25) is 0 Å². The van der Waals surface area contributed by atoms with Crippen LogP contribution in [-0.4, -0.2) is 0 Å². The predicted molar refractivity (Wildman–Crippen MR) is 80.6 cm³/mol. The molecule has 106 valence electrons. The molecular weight excluding hydrogens is 251 g/mol. The molecule has 0 fully saturated rings. The van der Waals surface area contributed by atoms with Gasteiger partial charge < -0.3 is 4.74 Å². The van der Waals surface area contributed by atoms with Crippen LogP contribution in [0.3, 0.4) is 0 Å². The Balaban J connectivity index is 2.02. The van der Waals surface area contributed by atoms with Gasteiger partial charge in [0.1, 0.15) is 18.2 Å². The number of benzene rings is 2. The normalized spacial score (nSPS) is 12.2. The monoisotopic (exact) mass is 272 g/mol. The first kappa shape index (κ1) is 14.6. The minimum absolute atomic E-state index is 0.221. The minimum Gasteiger partial charge on any atom is -0.489 e. The highest BCUT2D eigenvalue weighted by atomic mass is 19.1. The van der Waals surface area contributed by atoms with Crippen LogP contribution in [0.25, 0.3) is 0 Å². The first-order chi connectivity index (χ1) is 9.60. The third-order valence-corrected chi connectivity index (χ3v) is 3.77. The largest absolute Gasteiger partial charge is 0.489 e. The molecule has 1 nitrogen and oxygen atoms in total. The maximum Gasteiger partial charge on any atom is 0.123 e. The van der Waals surface area contributed by atoms with Crippen molar-refractivity contribution in [1.29, 1.82) is 0 Å². The lowest BCUT2D eigenvalue weighted by molar-refractivity contribution is 0.304. The van der Waals surface area contributed by atoms with Gasteiger partial charge in [-0.25, -0.2) is 4.39 Å². The Labute approximate surface area is 120 Å². The van der Waals surface area contributed by atoms with E-state index in [1.54, 1.807) is 6.07 Å². The van der Waals surface area contributed by atoms with Crippen molar-refractivity contribution >= 4 is 0 Å². The number of hydrogen-bond donors (Lipinski definition) is 0. The highest BCUT2D eigenvalue weighted by Gasteiger charge is 2.04. The van der Waals surface area contributed by atoms with E-state index in [4.69, 9.17) is 4.74 Å². The Morgan fingerprint density at radius 3 is 2.45 bits per heavy atom. The molecule has 0 saturated carbocycles. The first-order valence-corrected chi connectivity index (χ1v) is 7.08. The van der Waals surface area contributed by atoms with E-state index in [0.29, 0.717) is 12.5 Å². The van der Waals surface area contributed by atoms with Gasteiger partial charge in [0, 0.05) is 0 Å². The van der Waals surface area contributed by atoms with E-state index in [-0.39, 0.29) is 5.82 Å². The van der Waals surface area contributed by atoms with Crippen molar-refractivity contribution in [3.63, 3.8) is 0 Å². The second-order valence-corrected chi connectivity index (χ2v) is 5.24. The summed E-state index contributed by atoms with van der Waals surface area (Å²) in [6, 6.07) is 12.9. The Morgan fingerprint density at radius 1 is 1.10 bits per heavy atom. The van der Waals surface area contributed by atoms with Crippen LogP contribution in [-0.2, 0) is 6.61 Å². The molecule has 0 saturated heterocycles. The lowest BCUT2D eigenvalue weighted by atomic mass is 9.99. The zero-order chi connectivity index (χ0) is 14.5. The standard InChI is InChI=1S/C18H21FO/c1-4-13(2)15-6-9-18(10-7-15)20-12-16-11-17(19)8-5-14(16)3/h5-11,13H,4,12H2,1-3H3. The molecule has 2 aromatic rings. The third-order valence-electron chi connectivity index (χ3n) is 3.77. The van der Waals surface area contributed by atoms with Gasteiger partial charge in [-0.05, 0) is 60.2 Å². The molecule has 0 bridgehead atoms. The Morgan fingerprint density at radius 2 is 1.80 bits per heavy atom. The molecule has 0 heterocycles. The van der Waals surface area contributed by atoms with Crippen molar-refractivity contribution in [2.24, 2.45) is 0 Å². The van der Waals surface area contributed by atoms with E-state index in [2.05, 4.69) is 26.0 Å². The second-order valence-electron chi connectivity index (χ2n) is 5.24. The van der Waals surface area contributed by atoms with E-state index >= 15 is 0 Å². The molecule has 2 rings (SSSR count). The number of ether oxygens (including phenoxy) is 1. The quantitative estimate of drug-likeness (QED) is 0.724. The van der Waals surface area contributed by atoms with Crippen molar-refractivity contribution in [3.8, 4) is 5.75 Å². The van der Waals surface area contributed by atoms with Crippen molar-refractivity contribution in [1.82, 2.24) is 0 Å². The summed E-state index contributed by atoms with van der Waals surface area (Å²) in [5.41, 5.74) is 3.25. The highest BCUT2D eigenvalue weighted by molar-refractivity contribution is 5.30. The number of hydrogen-bond acceptors (Lipinski definition) is 1. The van der Waals surface area contributed by atoms with Gasteiger partial charge in [0.15, 0.2) is 0 Å². The molecule has 0 aromatic heterocycles. The van der Waals surface area contributed by atoms with Crippen molar-refractivity contribution < 1.29 is 9.13 Å². The maximum absolute atomic E-state index is 13.2. The number of aryl methyl sites for hydroxylation is 1. The maximum atomic E-state index is 13.2. The summed E-state index contributed by atoms with van der Waals surface area (Å²) in [4.78, 5) is 0. The second kappa shape index (κ2) is 6.56. The Bertz CT molecular complexity index is 560.